The second kappa shape index (κ2) is 7.71. The Balaban J connectivity index is 2.59. The van der Waals surface area contributed by atoms with Gasteiger partial charge in [-0.15, -0.1) is 18.3 Å². The average Bonchev–Trinajstić information content (AvgIpc) is 2.60. The summed E-state index contributed by atoms with van der Waals surface area (Å²) in [5, 5.41) is 11.2. The highest BCUT2D eigenvalue weighted by atomic mass is 32.2. The molecule has 0 aliphatic rings. The van der Waals surface area contributed by atoms with Crippen LogP contribution in [-0.4, -0.2) is 26.1 Å². The molecule has 2 rings (SSSR count). The highest BCUT2D eigenvalue weighted by molar-refractivity contribution is 7.98. The van der Waals surface area contributed by atoms with Gasteiger partial charge in [-0.2, -0.15) is 0 Å². The molecule has 0 aliphatic carbocycles. The molecular weight excluding hydrogens is 360 g/mol. The molecule has 0 fully saturated rings. The number of sulfonamides is 1. The van der Waals surface area contributed by atoms with Crippen LogP contribution in [-0.2, 0) is 10.0 Å². The minimum Gasteiger partial charge on any atom is -0.262 e. The fraction of sp³-hybridized carbons (Fsp3) is 0.176. The summed E-state index contributed by atoms with van der Waals surface area (Å²) in [6.07, 6.45) is 3.35. The summed E-state index contributed by atoms with van der Waals surface area (Å²) < 4.78 is 27.2. The van der Waals surface area contributed by atoms with Gasteiger partial charge in [0.25, 0.3) is 15.7 Å². The molecule has 2 aromatic carbocycles. The first-order valence-electron chi connectivity index (χ1n) is 7.34. The van der Waals surface area contributed by atoms with Crippen molar-refractivity contribution in [2.75, 3.05) is 17.1 Å². The average molecular weight is 378 g/mol. The molecule has 0 radical (unpaired) electrons. The minimum absolute atomic E-state index is 0.00855. The normalized spacial score (nSPS) is 11.1. The molecule has 8 heteroatoms. The maximum atomic E-state index is 13.1. The molecule has 0 aromatic heterocycles. The van der Waals surface area contributed by atoms with E-state index in [1.807, 2.05) is 6.26 Å². The summed E-state index contributed by atoms with van der Waals surface area (Å²) in [6.45, 7) is 5.15. The fourth-order valence-electron chi connectivity index (χ4n) is 2.40. The maximum Gasteiger partial charge on any atom is 0.274 e. The predicted molar refractivity (Wildman–Crippen MR) is 101 cm³/mol. The van der Waals surface area contributed by atoms with E-state index in [9.17, 15) is 18.5 Å². The molecule has 6 nitrogen and oxygen atoms in total. The molecule has 25 heavy (non-hydrogen) atoms. The number of hydrogen-bond donors (Lipinski definition) is 0. The van der Waals surface area contributed by atoms with Gasteiger partial charge in [0, 0.05) is 11.0 Å². The number of nitro groups is 1. The van der Waals surface area contributed by atoms with Crippen LogP contribution in [0.25, 0.3) is 0 Å². The van der Waals surface area contributed by atoms with Gasteiger partial charge in [0.2, 0.25) is 0 Å². The Morgan fingerprint density at radius 2 is 1.88 bits per heavy atom. The van der Waals surface area contributed by atoms with Gasteiger partial charge < -0.3 is 0 Å². The summed E-state index contributed by atoms with van der Waals surface area (Å²) in [6, 6.07) is 10.9. The Morgan fingerprint density at radius 1 is 1.24 bits per heavy atom. The van der Waals surface area contributed by atoms with Crippen molar-refractivity contribution in [3.63, 3.8) is 0 Å². The van der Waals surface area contributed by atoms with Crippen molar-refractivity contribution in [2.24, 2.45) is 0 Å². The van der Waals surface area contributed by atoms with Crippen molar-refractivity contribution in [1.29, 1.82) is 0 Å². The molecule has 0 saturated heterocycles. The van der Waals surface area contributed by atoms with Crippen molar-refractivity contribution in [3.05, 3.63) is 70.8 Å². The fourth-order valence-corrected chi connectivity index (χ4v) is 4.30. The van der Waals surface area contributed by atoms with Crippen LogP contribution in [0.4, 0.5) is 11.4 Å². The van der Waals surface area contributed by atoms with E-state index in [-0.39, 0.29) is 22.8 Å². The zero-order valence-electron chi connectivity index (χ0n) is 13.9. The second-order valence-electron chi connectivity index (χ2n) is 5.18. The monoisotopic (exact) mass is 378 g/mol. The zero-order chi connectivity index (χ0) is 18.6. The Labute approximate surface area is 151 Å². The third kappa shape index (κ3) is 3.85. The standard InChI is InChI=1S/C17H18N2O4S2/c1-4-12-18(16-6-5-7-17(13(16)2)19(20)21)25(22,23)15-10-8-14(24-3)9-11-15/h4-11H,1,12H2,2-3H3. The first-order valence-corrected chi connectivity index (χ1v) is 10.0. The lowest BCUT2D eigenvalue weighted by molar-refractivity contribution is -0.385. The van der Waals surface area contributed by atoms with E-state index in [1.54, 1.807) is 18.2 Å². The Bertz CT molecular complexity index is 893. The summed E-state index contributed by atoms with van der Waals surface area (Å²) in [5.41, 5.74) is 0.432. The van der Waals surface area contributed by atoms with Crippen molar-refractivity contribution in [3.8, 4) is 0 Å². The molecule has 0 atom stereocenters. The molecule has 2 aromatic rings. The predicted octanol–water partition coefficient (Wildman–Crippen LogP) is 4.01. The van der Waals surface area contributed by atoms with Crippen molar-refractivity contribution >= 4 is 33.2 Å². The van der Waals surface area contributed by atoms with Crippen LogP contribution in [0.1, 0.15) is 5.56 Å². The summed E-state index contributed by atoms with van der Waals surface area (Å²) >= 11 is 1.51. The van der Waals surface area contributed by atoms with Crippen LogP contribution in [0.15, 0.2) is 64.9 Å². The minimum atomic E-state index is -3.88. The van der Waals surface area contributed by atoms with Gasteiger partial charge in [-0.3, -0.25) is 14.4 Å². The molecule has 0 unspecified atom stereocenters. The zero-order valence-corrected chi connectivity index (χ0v) is 15.5. The summed E-state index contributed by atoms with van der Waals surface area (Å²) in [5.74, 6) is 0. The van der Waals surface area contributed by atoms with E-state index < -0.39 is 14.9 Å². The van der Waals surface area contributed by atoms with Crippen molar-refractivity contribution in [2.45, 2.75) is 16.7 Å². The lowest BCUT2D eigenvalue weighted by Gasteiger charge is -2.24. The number of thioether (sulfide) groups is 1. The number of nitrogens with zero attached hydrogens (tertiary/aromatic N) is 2. The van der Waals surface area contributed by atoms with Crippen LogP contribution in [0.5, 0.6) is 0 Å². The van der Waals surface area contributed by atoms with E-state index >= 15 is 0 Å². The lowest BCUT2D eigenvalue weighted by Crippen LogP contribution is -2.31. The summed E-state index contributed by atoms with van der Waals surface area (Å²) in [4.78, 5) is 11.7. The lowest BCUT2D eigenvalue weighted by atomic mass is 10.1. The van der Waals surface area contributed by atoms with E-state index in [1.165, 1.54) is 49.0 Å². The van der Waals surface area contributed by atoms with E-state index in [0.29, 0.717) is 5.56 Å². The number of benzene rings is 2. The highest BCUT2D eigenvalue weighted by Crippen LogP contribution is 2.32. The first-order chi connectivity index (χ1) is 11.8. The van der Waals surface area contributed by atoms with Gasteiger partial charge in [-0.05, 0) is 43.5 Å². The molecule has 0 saturated carbocycles. The second-order valence-corrected chi connectivity index (χ2v) is 7.92. The van der Waals surface area contributed by atoms with Crippen LogP contribution < -0.4 is 4.31 Å². The molecule has 0 N–H and O–H groups in total. The number of hydrogen-bond acceptors (Lipinski definition) is 5. The maximum absolute atomic E-state index is 13.1. The Hall–Kier alpha value is -2.32. The number of nitro benzene ring substituents is 1. The highest BCUT2D eigenvalue weighted by Gasteiger charge is 2.27. The van der Waals surface area contributed by atoms with Gasteiger partial charge in [-0.25, -0.2) is 8.42 Å². The van der Waals surface area contributed by atoms with E-state index in [2.05, 4.69) is 6.58 Å². The number of anilines is 1. The molecule has 0 bridgehead atoms. The van der Waals surface area contributed by atoms with Crippen LogP contribution >= 0.6 is 11.8 Å². The molecule has 0 aliphatic heterocycles. The molecule has 132 valence electrons. The van der Waals surface area contributed by atoms with E-state index in [0.717, 1.165) is 9.20 Å². The van der Waals surface area contributed by atoms with Crippen LogP contribution in [0.3, 0.4) is 0 Å². The topological polar surface area (TPSA) is 80.5 Å². The molecule has 0 heterocycles. The van der Waals surface area contributed by atoms with Crippen molar-refractivity contribution < 1.29 is 13.3 Å². The largest absolute Gasteiger partial charge is 0.274 e. The molecule has 0 amide bonds. The van der Waals surface area contributed by atoms with E-state index in [4.69, 9.17) is 0 Å². The molecular formula is C17H18N2O4S2. The number of rotatable bonds is 7. The van der Waals surface area contributed by atoms with Crippen LogP contribution in [0.2, 0.25) is 0 Å². The first kappa shape index (κ1) is 19.0. The van der Waals surface area contributed by atoms with Gasteiger partial charge in [0.15, 0.2) is 0 Å². The quantitative estimate of drug-likeness (QED) is 0.315. The summed E-state index contributed by atoms with van der Waals surface area (Å²) in [7, 11) is -3.88. The van der Waals surface area contributed by atoms with Gasteiger partial charge in [0.05, 0.1) is 27.6 Å². The van der Waals surface area contributed by atoms with Crippen LogP contribution in [0, 0.1) is 17.0 Å². The molecule has 0 spiro atoms. The third-order valence-corrected chi connectivity index (χ3v) is 6.22. The van der Waals surface area contributed by atoms with Gasteiger partial charge >= 0.3 is 0 Å². The SMILES string of the molecule is C=CCN(c1cccc([N+](=O)[O-])c1C)S(=O)(=O)c1ccc(SC)cc1. The Morgan fingerprint density at radius 3 is 2.40 bits per heavy atom. The Kier molecular flexibility index (Phi) is 5.86. The smallest absolute Gasteiger partial charge is 0.262 e. The van der Waals surface area contributed by atoms with Gasteiger partial charge in [0.1, 0.15) is 0 Å². The van der Waals surface area contributed by atoms with Gasteiger partial charge in [-0.1, -0.05) is 12.1 Å². The van der Waals surface area contributed by atoms with Crippen molar-refractivity contribution in [1.82, 2.24) is 0 Å². The third-order valence-electron chi connectivity index (χ3n) is 3.68.